The first-order valence-electron chi connectivity index (χ1n) is 5.59. The average molecular weight is 225 g/mol. The Morgan fingerprint density at radius 3 is 2.56 bits per heavy atom. The number of anilines is 2. The number of rotatable bonds is 6. The van der Waals surface area contributed by atoms with E-state index in [1.807, 2.05) is 13.1 Å². The molecule has 1 aromatic carbocycles. The van der Waals surface area contributed by atoms with Gasteiger partial charge >= 0.3 is 0 Å². The second-order valence-electron chi connectivity index (χ2n) is 3.60. The van der Waals surface area contributed by atoms with Crippen LogP contribution in [-0.4, -0.2) is 33.7 Å². The van der Waals surface area contributed by atoms with E-state index in [-0.39, 0.29) is 5.82 Å². The van der Waals surface area contributed by atoms with Gasteiger partial charge in [0.15, 0.2) is 0 Å². The molecule has 0 atom stereocenters. The van der Waals surface area contributed by atoms with Gasteiger partial charge in [-0.2, -0.15) is 0 Å². The van der Waals surface area contributed by atoms with Gasteiger partial charge in [0.2, 0.25) is 0 Å². The van der Waals surface area contributed by atoms with Gasteiger partial charge in [-0.05, 0) is 32.2 Å². The molecule has 0 spiro atoms. The average Bonchev–Trinajstić information content (AvgIpc) is 2.30. The van der Waals surface area contributed by atoms with Crippen molar-refractivity contribution in [3.05, 3.63) is 24.0 Å². The van der Waals surface area contributed by atoms with Gasteiger partial charge in [-0.25, -0.2) is 4.39 Å². The van der Waals surface area contributed by atoms with Gasteiger partial charge in [0.05, 0.1) is 5.69 Å². The predicted octanol–water partition coefficient (Wildman–Crippen LogP) is 1.91. The van der Waals surface area contributed by atoms with Crippen LogP contribution in [0, 0.1) is 5.82 Å². The molecular formula is C12H20FN3. The Morgan fingerprint density at radius 1 is 1.31 bits per heavy atom. The summed E-state index contributed by atoms with van der Waals surface area (Å²) in [5.74, 6) is -0.206. The summed E-state index contributed by atoms with van der Waals surface area (Å²) in [6.07, 6.45) is 0. The first-order valence-corrected chi connectivity index (χ1v) is 5.59. The van der Waals surface area contributed by atoms with Crippen LogP contribution in [0.5, 0.6) is 0 Å². The largest absolute Gasteiger partial charge is 0.386 e. The molecule has 1 aromatic rings. The second-order valence-corrected chi connectivity index (χ2v) is 3.60. The van der Waals surface area contributed by atoms with Crippen molar-refractivity contribution in [2.75, 3.05) is 43.9 Å². The Bertz CT molecular complexity index is 328. The van der Waals surface area contributed by atoms with Crippen LogP contribution in [0.1, 0.15) is 6.92 Å². The zero-order valence-corrected chi connectivity index (χ0v) is 10.2. The van der Waals surface area contributed by atoms with Crippen LogP contribution < -0.4 is 15.5 Å². The molecule has 0 unspecified atom stereocenters. The topological polar surface area (TPSA) is 27.3 Å². The molecule has 0 saturated carbocycles. The molecule has 0 fully saturated rings. The highest BCUT2D eigenvalue weighted by atomic mass is 19.1. The van der Waals surface area contributed by atoms with Gasteiger partial charge < -0.3 is 15.5 Å². The summed E-state index contributed by atoms with van der Waals surface area (Å²) < 4.78 is 13.6. The first kappa shape index (κ1) is 12.8. The maximum absolute atomic E-state index is 13.6. The highest BCUT2D eigenvalue weighted by Gasteiger charge is 2.07. The molecule has 2 N–H and O–H groups in total. The number of hydrogen-bond acceptors (Lipinski definition) is 3. The van der Waals surface area contributed by atoms with Crippen LogP contribution in [0.2, 0.25) is 0 Å². The third-order valence-corrected chi connectivity index (χ3v) is 2.60. The summed E-state index contributed by atoms with van der Waals surface area (Å²) in [6, 6.07) is 5.28. The van der Waals surface area contributed by atoms with Crippen molar-refractivity contribution >= 4 is 11.4 Å². The normalized spacial score (nSPS) is 10.2. The van der Waals surface area contributed by atoms with Crippen molar-refractivity contribution in [3.8, 4) is 0 Å². The van der Waals surface area contributed by atoms with Crippen LogP contribution in [0.25, 0.3) is 0 Å². The summed E-state index contributed by atoms with van der Waals surface area (Å²) in [5, 5.41) is 5.91. The smallest absolute Gasteiger partial charge is 0.148 e. The van der Waals surface area contributed by atoms with Gasteiger partial charge in [0, 0.05) is 32.4 Å². The lowest BCUT2D eigenvalue weighted by atomic mass is 10.2. The van der Waals surface area contributed by atoms with E-state index in [0.29, 0.717) is 5.69 Å². The Labute approximate surface area is 96.6 Å². The Hall–Kier alpha value is -1.29. The van der Waals surface area contributed by atoms with Crippen LogP contribution in [-0.2, 0) is 0 Å². The van der Waals surface area contributed by atoms with E-state index in [1.54, 1.807) is 19.2 Å². The van der Waals surface area contributed by atoms with Gasteiger partial charge in [0.1, 0.15) is 5.82 Å². The van der Waals surface area contributed by atoms with E-state index in [4.69, 9.17) is 0 Å². The van der Waals surface area contributed by atoms with Crippen LogP contribution in [0.15, 0.2) is 18.2 Å². The zero-order valence-electron chi connectivity index (χ0n) is 10.2. The summed E-state index contributed by atoms with van der Waals surface area (Å²) in [4.78, 5) is 2.14. The minimum atomic E-state index is -0.206. The molecule has 90 valence electrons. The predicted molar refractivity (Wildman–Crippen MR) is 67.8 cm³/mol. The number of nitrogens with one attached hydrogen (secondary N) is 2. The number of halogens is 1. The molecule has 1 rings (SSSR count). The van der Waals surface area contributed by atoms with E-state index in [2.05, 4.69) is 22.5 Å². The number of nitrogens with zero attached hydrogens (tertiary/aromatic N) is 1. The van der Waals surface area contributed by atoms with Crippen molar-refractivity contribution in [3.63, 3.8) is 0 Å². The fraction of sp³-hybridized carbons (Fsp3) is 0.500. The quantitative estimate of drug-likeness (QED) is 0.774. The lowest BCUT2D eigenvalue weighted by Gasteiger charge is -2.23. The number of benzene rings is 1. The van der Waals surface area contributed by atoms with Crippen LogP contribution >= 0.6 is 0 Å². The number of likely N-dealkylation sites (N-methyl/N-ethyl adjacent to an activating group) is 2. The molecular weight excluding hydrogens is 205 g/mol. The Morgan fingerprint density at radius 2 is 2.06 bits per heavy atom. The molecule has 0 aliphatic rings. The second kappa shape index (κ2) is 6.33. The van der Waals surface area contributed by atoms with Gasteiger partial charge in [0.25, 0.3) is 0 Å². The molecule has 0 saturated heterocycles. The Balaban J connectivity index is 2.80. The van der Waals surface area contributed by atoms with Crippen molar-refractivity contribution in [1.29, 1.82) is 0 Å². The minimum Gasteiger partial charge on any atom is -0.386 e. The molecule has 0 amide bonds. The van der Waals surface area contributed by atoms with Crippen LogP contribution in [0.3, 0.4) is 0 Å². The molecule has 0 heterocycles. The van der Waals surface area contributed by atoms with E-state index in [1.165, 1.54) is 0 Å². The lowest BCUT2D eigenvalue weighted by molar-refractivity contribution is 0.629. The molecule has 0 radical (unpaired) electrons. The summed E-state index contributed by atoms with van der Waals surface area (Å²) in [7, 11) is 3.63. The molecule has 4 heteroatoms. The van der Waals surface area contributed by atoms with Crippen molar-refractivity contribution in [2.45, 2.75) is 6.92 Å². The molecule has 0 aliphatic heterocycles. The molecule has 0 aromatic heterocycles. The summed E-state index contributed by atoms with van der Waals surface area (Å²) in [6.45, 7) is 4.72. The van der Waals surface area contributed by atoms with E-state index >= 15 is 0 Å². The van der Waals surface area contributed by atoms with E-state index in [0.717, 1.165) is 25.3 Å². The number of hydrogen-bond donors (Lipinski definition) is 2. The van der Waals surface area contributed by atoms with E-state index < -0.39 is 0 Å². The molecule has 3 nitrogen and oxygen atoms in total. The third kappa shape index (κ3) is 3.10. The van der Waals surface area contributed by atoms with Crippen molar-refractivity contribution in [1.82, 2.24) is 5.32 Å². The van der Waals surface area contributed by atoms with Gasteiger partial charge in [-0.1, -0.05) is 0 Å². The minimum absolute atomic E-state index is 0.206. The van der Waals surface area contributed by atoms with Crippen molar-refractivity contribution in [2.24, 2.45) is 0 Å². The van der Waals surface area contributed by atoms with Crippen LogP contribution in [0.4, 0.5) is 15.8 Å². The van der Waals surface area contributed by atoms with Gasteiger partial charge in [-0.15, -0.1) is 0 Å². The first-order chi connectivity index (χ1) is 7.72. The summed E-state index contributed by atoms with van der Waals surface area (Å²) >= 11 is 0. The zero-order chi connectivity index (χ0) is 12.0. The highest BCUT2D eigenvalue weighted by molar-refractivity contribution is 5.55. The maximum Gasteiger partial charge on any atom is 0.148 e. The fourth-order valence-corrected chi connectivity index (χ4v) is 1.62. The SMILES string of the molecule is CCN(CCNC)c1ccc(NC)c(F)c1. The standard InChI is InChI=1S/C12H20FN3/c1-4-16(8-7-14-2)10-5-6-12(15-3)11(13)9-10/h5-6,9,14-15H,4,7-8H2,1-3H3. The summed E-state index contributed by atoms with van der Waals surface area (Å²) in [5.41, 5.74) is 1.46. The molecule has 0 bridgehead atoms. The van der Waals surface area contributed by atoms with E-state index in [9.17, 15) is 4.39 Å². The maximum atomic E-state index is 13.6. The molecule has 16 heavy (non-hydrogen) atoms. The highest BCUT2D eigenvalue weighted by Crippen LogP contribution is 2.21. The monoisotopic (exact) mass is 225 g/mol. The lowest BCUT2D eigenvalue weighted by Crippen LogP contribution is -2.30. The molecule has 0 aliphatic carbocycles. The fourth-order valence-electron chi connectivity index (χ4n) is 1.62. The third-order valence-electron chi connectivity index (χ3n) is 2.60. The van der Waals surface area contributed by atoms with Gasteiger partial charge in [-0.3, -0.25) is 0 Å². The Kier molecular flexibility index (Phi) is 5.05. The van der Waals surface area contributed by atoms with Crippen molar-refractivity contribution < 1.29 is 4.39 Å².